The van der Waals surface area contributed by atoms with Crippen LogP contribution in [0.4, 0.5) is 0 Å². The van der Waals surface area contributed by atoms with Crippen LogP contribution in [0.25, 0.3) is 22.3 Å². The van der Waals surface area contributed by atoms with Gasteiger partial charge in [-0.15, -0.1) is 0 Å². The summed E-state index contributed by atoms with van der Waals surface area (Å²) in [4.78, 5) is 12.5. The molecule has 0 spiro atoms. The summed E-state index contributed by atoms with van der Waals surface area (Å²) in [6.07, 6.45) is -6.18. The van der Waals surface area contributed by atoms with Gasteiger partial charge in [0, 0.05) is 23.8 Å². The van der Waals surface area contributed by atoms with Crippen LogP contribution in [0.1, 0.15) is 6.92 Å². The van der Waals surface area contributed by atoms with Crippen molar-refractivity contribution >= 4 is 11.0 Å². The van der Waals surface area contributed by atoms with E-state index in [1.54, 1.807) is 0 Å². The largest absolute Gasteiger partial charge is 0.508 e. The van der Waals surface area contributed by atoms with E-state index in [1.165, 1.54) is 43.3 Å². The van der Waals surface area contributed by atoms with Gasteiger partial charge in [-0.2, -0.15) is 0 Å². The van der Waals surface area contributed by atoms with E-state index in [1.807, 2.05) is 0 Å². The Labute approximate surface area is 175 Å². The fraction of sp³-hybridized carbons (Fsp3) is 0.286. The molecular formula is C21H22O10. The van der Waals surface area contributed by atoms with Gasteiger partial charge in [0.05, 0.1) is 12.7 Å². The van der Waals surface area contributed by atoms with Crippen LogP contribution in [0, 0.1) is 0 Å². The standard InChI is InChI=1S/C21H22O10/c1-10(23)18(9-22)31-21(20(27)28)29-13-6-14(25)19-15(26)8-16(30-17(19)7-13)11-2-4-12(24)5-3-11/h2-8,10,18,20-25,27-28H,9H2,1H3. The molecule has 3 unspecified atom stereocenters. The van der Waals surface area contributed by atoms with Crippen LogP contribution in [-0.2, 0) is 4.74 Å². The van der Waals surface area contributed by atoms with Gasteiger partial charge in [-0.1, -0.05) is 0 Å². The average Bonchev–Trinajstić information content (AvgIpc) is 2.70. The van der Waals surface area contributed by atoms with Crippen LogP contribution in [0.2, 0.25) is 0 Å². The van der Waals surface area contributed by atoms with Crippen molar-refractivity contribution in [3.05, 3.63) is 52.7 Å². The van der Waals surface area contributed by atoms with Gasteiger partial charge in [0.25, 0.3) is 6.29 Å². The van der Waals surface area contributed by atoms with Crippen molar-refractivity contribution in [1.29, 1.82) is 0 Å². The summed E-state index contributed by atoms with van der Waals surface area (Å²) in [6, 6.07) is 9.41. The summed E-state index contributed by atoms with van der Waals surface area (Å²) in [5.74, 6) is -0.402. The summed E-state index contributed by atoms with van der Waals surface area (Å²) >= 11 is 0. The maximum absolute atomic E-state index is 12.5. The van der Waals surface area contributed by atoms with Crippen molar-refractivity contribution in [1.82, 2.24) is 0 Å². The molecule has 1 heterocycles. The van der Waals surface area contributed by atoms with E-state index in [0.29, 0.717) is 5.56 Å². The SMILES string of the molecule is CC(O)C(CO)OC(Oc1cc(O)c2c(=O)cc(-c3ccc(O)cc3)oc2c1)C(O)O. The minimum absolute atomic E-state index is 0.0344. The second-order valence-corrected chi connectivity index (χ2v) is 6.83. The number of phenols is 2. The lowest BCUT2D eigenvalue weighted by atomic mass is 10.1. The molecule has 31 heavy (non-hydrogen) atoms. The van der Waals surface area contributed by atoms with Gasteiger partial charge in [-0.25, -0.2) is 0 Å². The lowest BCUT2D eigenvalue weighted by Gasteiger charge is -2.27. The number of ether oxygens (including phenoxy) is 2. The van der Waals surface area contributed by atoms with Crippen LogP contribution in [0.5, 0.6) is 17.2 Å². The number of hydrogen-bond donors (Lipinski definition) is 6. The fourth-order valence-corrected chi connectivity index (χ4v) is 2.85. The van der Waals surface area contributed by atoms with Crippen molar-refractivity contribution in [2.75, 3.05) is 6.61 Å². The Bertz CT molecular complexity index is 1090. The molecular weight excluding hydrogens is 412 g/mol. The molecule has 166 valence electrons. The first kappa shape index (κ1) is 22.5. The second kappa shape index (κ2) is 9.33. The number of phenolic OH excluding ortho intramolecular Hbond substituents is 2. The number of hydrogen-bond acceptors (Lipinski definition) is 10. The Morgan fingerprint density at radius 2 is 1.71 bits per heavy atom. The molecule has 3 aromatic rings. The topological polar surface area (TPSA) is 170 Å². The highest BCUT2D eigenvalue weighted by molar-refractivity contribution is 5.86. The lowest BCUT2D eigenvalue weighted by molar-refractivity contribution is -0.250. The van der Waals surface area contributed by atoms with Gasteiger partial charge in [0.15, 0.2) is 5.43 Å². The molecule has 10 heteroatoms. The van der Waals surface area contributed by atoms with Gasteiger partial charge >= 0.3 is 0 Å². The Balaban J connectivity index is 1.99. The summed E-state index contributed by atoms with van der Waals surface area (Å²) in [7, 11) is 0. The molecule has 2 aromatic carbocycles. The van der Waals surface area contributed by atoms with Crippen molar-refractivity contribution in [3.8, 4) is 28.6 Å². The maximum atomic E-state index is 12.5. The van der Waals surface area contributed by atoms with Gasteiger partial charge < -0.3 is 44.5 Å². The molecule has 3 atom stereocenters. The first-order valence-corrected chi connectivity index (χ1v) is 9.27. The molecule has 0 saturated carbocycles. The van der Waals surface area contributed by atoms with E-state index in [2.05, 4.69) is 0 Å². The van der Waals surface area contributed by atoms with Crippen LogP contribution in [0.15, 0.2) is 51.7 Å². The Morgan fingerprint density at radius 1 is 1.03 bits per heavy atom. The quantitative estimate of drug-likeness (QED) is 0.277. The van der Waals surface area contributed by atoms with E-state index in [9.17, 15) is 35.4 Å². The number of aromatic hydroxyl groups is 2. The van der Waals surface area contributed by atoms with Crippen molar-refractivity contribution in [3.63, 3.8) is 0 Å². The molecule has 0 fully saturated rings. The smallest absolute Gasteiger partial charge is 0.251 e. The molecule has 3 rings (SSSR count). The normalized spacial score (nSPS) is 14.5. The van der Waals surface area contributed by atoms with Gasteiger partial charge in [-0.05, 0) is 31.2 Å². The zero-order valence-corrected chi connectivity index (χ0v) is 16.4. The maximum Gasteiger partial charge on any atom is 0.251 e. The van der Waals surface area contributed by atoms with Gasteiger partial charge in [0.2, 0.25) is 6.29 Å². The monoisotopic (exact) mass is 434 g/mol. The average molecular weight is 434 g/mol. The highest BCUT2D eigenvalue weighted by atomic mass is 16.7. The zero-order chi connectivity index (χ0) is 22.7. The molecule has 0 aliphatic rings. The van der Waals surface area contributed by atoms with Gasteiger partial charge in [0.1, 0.15) is 40.1 Å². The van der Waals surface area contributed by atoms with E-state index in [4.69, 9.17) is 13.9 Å². The predicted octanol–water partition coefficient (Wildman–Crippen LogP) is 0.645. The van der Waals surface area contributed by atoms with Crippen LogP contribution < -0.4 is 10.2 Å². The first-order valence-electron chi connectivity index (χ1n) is 9.27. The van der Waals surface area contributed by atoms with E-state index in [-0.39, 0.29) is 28.2 Å². The number of rotatable bonds is 8. The molecule has 10 nitrogen and oxygen atoms in total. The second-order valence-electron chi connectivity index (χ2n) is 6.83. The molecule has 0 saturated heterocycles. The minimum atomic E-state index is -2.15. The van der Waals surface area contributed by atoms with Crippen LogP contribution in [-0.4, -0.2) is 62.0 Å². The third-order valence-electron chi connectivity index (χ3n) is 4.46. The Kier molecular flexibility index (Phi) is 6.78. The lowest BCUT2D eigenvalue weighted by Crippen LogP contribution is -2.42. The van der Waals surface area contributed by atoms with Crippen molar-refractivity contribution in [2.24, 2.45) is 0 Å². The number of aliphatic hydroxyl groups is 4. The van der Waals surface area contributed by atoms with Gasteiger partial charge in [-0.3, -0.25) is 4.79 Å². The summed E-state index contributed by atoms with van der Waals surface area (Å²) in [5, 5.41) is 57.5. The van der Waals surface area contributed by atoms with Crippen molar-refractivity contribution in [2.45, 2.75) is 31.7 Å². The first-order chi connectivity index (χ1) is 14.7. The molecule has 6 N–H and O–H groups in total. The minimum Gasteiger partial charge on any atom is -0.508 e. The molecule has 0 aliphatic heterocycles. The number of benzene rings is 2. The third kappa shape index (κ3) is 5.13. The van der Waals surface area contributed by atoms with Crippen LogP contribution >= 0.6 is 0 Å². The number of fused-ring (bicyclic) bond motifs is 1. The van der Waals surface area contributed by atoms with Crippen LogP contribution in [0.3, 0.4) is 0 Å². The third-order valence-corrected chi connectivity index (χ3v) is 4.46. The Hall–Kier alpha value is -3.15. The summed E-state index contributed by atoms with van der Waals surface area (Å²) in [6.45, 7) is 0.723. The molecule has 0 radical (unpaired) electrons. The van der Waals surface area contributed by atoms with Crippen molar-refractivity contribution < 1.29 is 44.5 Å². The summed E-state index contributed by atoms with van der Waals surface area (Å²) < 4.78 is 16.2. The predicted molar refractivity (Wildman–Crippen MR) is 108 cm³/mol. The molecule has 0 amide bonds. The van der Waals surface area contributed by atoms with E-state index < -0.39 is 42.6 Å². The zero-order valence-electron chi connectivity index (χ0n) is 16.4. The number of aliphatic hydroxyl groups excluding tert-OH is 3. The Morgan fingerprint density at radius 3 is 2.29 bits per heavy atom. The fourth-order valence-electron chi connectivity index (χ4n) is 2.85. The van der Waals surface area contributed by atoms with E-state index >= 15 is 0 Å². The molecule has 0 aliphatic carbocycles. The highest BCUT2D eigenvalue weighted by Gasteiger charge is 2.27. The highest BCUT2D eigenvalue weighted by Crippen LogP contribution is 2.32. The summed E-state index contributed by atoms with van der Waals surface area (Å²) in [5.41, 5.74) is -0.0823. The van der Waals surface area contributed by atoms with E-state index in [0.717, 1.165) is 6.07 Å². The molecule has 0 bridgehead atoms. The molecule has 1 aromatic heterocycles.